The van der Waals surface area contributed by atoms with E-state index in [1.165, 1.54) is 20.0 Å². The molecule has 0 saturated carbocycles. The van der Waals surface area contributed by atoms with Gasteiger partial charge < -0.3 is 14.5 Å². The van der Waals surface area contributed by atoms with Crippen LogP contribution in [0.2, 0.25) is 0 Å². The van der Waals surface area contributed by atoms with E-state index in [4.69, 9.17) is 9.15 Å². The summed E-state index contributed by atoms with van der Waals surface area (Å²) < 4.78 is 10.2. The van der Waals surface area contributed by atoms with Crippen molar-refractivity contribution in [2.45, 2.75) is 32.4 Å². The first-order valence-electron chi connectivity index (χ1n) is 6.85. The molecular formula is C14H22N2O3. The van der Waals surface area contributed by atoms with Crippen molar-refractivity contribution < 1.29 is 13.9 Å². The Morgan fingerprint density at radius 2 is 2.47 bits per heavy atom. The molecule has 19 heavy (non-hydrogen) atoms. The van der Waals surface area contributed by atoms with Crippen LogP contribution in [0, 0.1) is 0 Å². The lowest BCUT2D eigenvalue weighted by atomic mass is 10.1. The summed E-state index contributed by atoms with van der Waals surface area (Å²) in [5.74, 6) is 0.362. The number of carbonyl (C=O) groups is 1. The van der Waals surface area contributed by atoms with Gasteiger partial charge in [-0.3, -0.25) is 4.90 Å². The van der Waals surface area contributed by atoms with Gasteiger partial charge >= 0.3 is 5.97 Å². The molecule has 5 nitrogen and oxygen atoms in total. The largest absolute Gasteiger partial charge is 0.467 e. The van der Waals surface area contributed by atoms with E-state index in [0.29, 0.717) is 23.9 Å². The van der Waals surface area contributed by atoms with Crippen molar-refractivity contribution in [3.05, 3.63) is 23.7 Å². The summed E-state index contributed by atoms with van der Waals surface area (Å²) >= 11 is 0. The molecule has 0 spiro atoms. The zero-order valence-electron chi connectivity index (χ0n) is 11.6. The number of rotatable bonds is 5. The zero-order chi connectivity index (χ0) is 13.7. The van der Waals surface area contributed by atoms with Crippen molar-refractivity contribution in [3.63, 3.8) is 0 Å². The molecule has 1 aromatic heterocycles. The van der Waals surface area contributed by atoms with Crippen molar-refractivity contribution in [3.8, 4) is 0 Å². The maximum Gasteiger partial charge on any atom is 0.341 e. The van der Waals surface area contributed by atoms with Crippen LogP contribution in [0.15, 0.2) is 16.7 Å². The molecule has 1 fully saturated rings. The fourth-order valence-electron chi connectivity index (χ4n) is 2.58. The SMILES string of the molecule is CCN(Cc1occc1C(=O)OC)C1CCCNC1. The number of esters is 1. The van der Waals surface area contributed by atoms with Gasteiger partial charge in [0, 0.05) is 12.6 Å². The van der Waals surface area contributed by atoms with Crippen molar-refractivity contribution in [1.29, 1.82) is 0 Å². The van der Waals surface area contributed by atoms with Crippen LogP contribution in [0.4, 0.5) is 0 Å². The van der Waals surface area contributed by atoms with Crippen molar-refractivity contribution >= 4 is 5.97 Å². The molecule has 0 aliphatic carbocycles. The van der Waals surface area contributed by atoms with Crippen LogP contribution in [-0.2, 0) is 11.3 Å². The van der Waals surface area contributed by atoms with E-state index in [2.05, 4.69) is 17.1 Å². The lowest BCUT2D eigenvalue weighted by molar-refractivity contribution is 0.0594. The Labute approximate surface area is 113 Å². The first-order valence-corrected chi connectivity index (χ1v) is 6.85. The number of likely N-dealkylation sites (N-methyl/N-ethyl adjacent to an activating group) is 1. The molecule has 1 aromatic rings. The third-order valence-electron chi connectivity index (χ3n) is 3.69. The quantitative estimate of drug-likeness (QED) is 0.821. The monoisotopic (exact) mass is 266 g/mol. The Morgan fingerprint density at radius 1 is 1.63 bits per heavy atom. The Hall–Kier alpha value is -1.33. The predicted molar refractivity (Wildman–Crippen MR) is 72.0 cm³/mol. The number of carbonyl (C=O) groups excluding carboxylic acids is 1. The number of methoxy groups -OCH3 is 1. The first kappa shape index (κ1) is 14.1. The van der Waals surface area contributed by atoms with Gasteiger partial charge in [0.25, 0.3) is 0 Å². The minimum atomic E-state index is -0.332. The fraction of sp³-hybridized carbons (Fsp3) is 0.643. The second kappa shape index (κ2) is 6.73. The van der Waals surface area contributed by atoms with Gasteiger partial charge in [-0.2, -0.15) is 0 Å². The maximum atomic E-state index is 11.6. The second-order valence-electron chi connectivity index (χ2n) is 4.81. The third kappa shape index (κ3) is 3.36. The molecule has 1 unspecified atom stereocenters. The smallest absolute Gasteiger partial charge is 0.341 e. The highest BCUT2D eigenvalue weighted by molar-refractivity contribution is 5.90. The summed E-state index contributed by atoms with van der Waals surface area (Å²) in [6, 6.07) is 2.18. The van der Waals surface area contributed by atoms with Gasteiger partial charge in [-0.15, -0.1) is 0 Å². The van der Waals surface area contributed by atoms with E-state index in [1.54, 1.807) is 12.3 Å². The lowest BCUT2D eigenvalue weighted by Crippen LogP contribution is -2.45. The number of hydrogen-bond donors (Lipinski definition) is 1. The summed E-state index contributed by atoms with van der Waals surface area (Å²) in [4.78, 5) is 14.0. The molecule has 0 amide bonds. The standard InChI is InChI=1S/C14H22N2O3/c1-3-16(11-5-4-7-15-9-11)10-13-12(6-8-19-13)14(17)18-2/h6,8,11,15H,3-5,7,9-10H2,1-2H3. The van der Waals surface area contributed by atoms with Gasteiger partial charge in [-0.05, 0) is 32.0 Å². The molecular weight excluding hydrogens is 244 g/mol. The molecule has 1 aliphatic rings. The summed E-state index contributed by atoms with van der Waals surface area (Å²) in [5, 5.41) is 3.41. The predicted octanol–water partition coefficient (Wildman–Crippen LogP) is 1.64. The third-order valence-corrected chi connectivity index (χ3v) is 3.69. The van der Waals surface area contributed by atoms with E-state index in [1.807, 2.05) is 0 Å². The molecule has 0 radical (unpaired) electrons. The topological polar surface area (TPSA) is 54.7 Å². The molecule has 106 valence electrons. The van der Waals surface area contributed by atoms with Gasteiger partial charge in [0.2, 0.25) is 0 Å². The van der Waals surface area contributed by atoms with E-state index in [-0.39, 0.29) is 5.97 Å². The second-order valence-corrected chi connectivity index (χ2v) is 4.81. The molecule has 2 heterocycles. The number of furan rings is 1. The lowest BCUT2D eigenvalue weighted by Gasteiger charge is -2.33. The van der Waals surface area contributed by atoms with E-state index in [0.717, 1.165) is 19.6 Å². The zero-order valence-corrected chi connectivity index (χ0v) is 11.6. The highest BCUT2D eigenvalue weighted by atomic mass is 16.5. The average Bonchev–Trinajstić information content (AvgIpc) is 2.93. The summed E-state index contributed by atoms with van der Waals surface area (Å²) in [5.41, 5.74) is 0.532. The Morgan fingerprint density at radius 3 is 3.11 bits per heavy atom. The van der Waals surface area contributed by atoms with Crippen LogP contribution in [0.25, 0.3) is 0 Å². The Kier molecular flexibility index (Phi) is 4.99. The van der Waals surface area contributed by atoms with E-state index >= 15 is 0 Å². The van der Waals surface area contributed by atoms with Crippen LogP contribution >= 0.6 is 0 Å². The number of nitrogens with zero attached hydrogens (tertiary/aromatic N) is 1. The van der Waals surface area contributed by atoms with Gasteiger partial charge in [0.15, 0.2) is 0 Å². The van der Waals surface area contributed by atoms with Gasteiger partial charge in [0.1, 0.15) is 11.3 Å². The molecule has 1 aliphatic heterocycles. The molecule has 1 N–H and O–H groups in total. The number of hydrogen-bond acceptors (Lipinski definition) is 5. The number of ether oxygens (including phenoxy) is 1. The minimum Gasteiger partial charge on any atom is -0.467 e. The van der Waals surface area contributed by atoms with Crippen LogP contribution < -0.4 is 5.32 Å². The molecule has 5 heteroatoms. The maximum absolute atomic E-state index is 11.6. The van der Waals surface area contributed by atoms with Gasteiger partial charge in [-0.1, -0.05) is 6.92 Å². The van der Waals surface area contributed by atoms with Gasteiger partial charge in [-0.25, -0.2) is 4.79 Å². The van der Waals surface area contributed by atoms with Crippen LogP contribution in [0.1, 0.15) is 35.9 Å². The van der Waals surface area contributed by atoms with Gasteiger partial charge in [0.05, 0.1) is 19.9 Å². The molecule has 0 bridgehead atoms. The Bertz CT molecular complexity index is 411. The molecule has 1 atom stereocenters. The Balaban J connectivity index is 2.05. The minimum absolute atomic E-state index is 0.332. The van der Waals surface area contributed by atoms with Crippen LogP contribution in [0.5, 0.6) is 0 Å². The van der Waals surface area contributed by atoms with Crippen molar-refractivity contribution in [2.75, 3.05) is 26.7 Å². The summed E-state index contributed by atoms with van der Waals surface area (Å²) in [6.45, 7) is 5.83. The highest BCUT2D eigenvalue weighted by Gasteiger charge is 2.23. The molecule has 1 saturated heterocycles. The van der Waals surface area contributed by atoms with Crippen LogP contribution in [-0.4, -0.2) is 43.7 Å². The number of nitrogens with one attached hydrogen (secondary N) is 1. The number of piperidine rings is 1. The fourth-order valence-corrected chi connectivity index (χ4v) is 2.58. The highest BCUT2D eigenvalue weighted by Crippen LogP contribution is 2.18. The van der Waals surface area contributed by atoms with Crippen LogP contribution in [0.3, 0.4) is 0 Å². The summed E-state index contributed by atoms with van der Waals surface area (Å²) in [6.07, 6.45) is 3.94. The average molecular weight is 266 g/mol. The molecule has 0 aromatic carbocycles. The normalized spacial score (nSPS) is 19.6. The van der Waals surface area contributed by atoms with E-state index in [9.17, 15) is 4.79 Å². The first-order chi connectivity index (χ1) is 9.26. The van der Waals surface area contributed by atoms with Crippen molar-refractivity contribution in [2.24, 2.45) is 0 Å². The molecule has 2 rings (SSSR count). The van der Waals surface area contributed by atoms with E-state index < -0.39 is 0 Å². The summed E-state index contributed by atoms with van der Waals surface area (Å²) in [7, 11) is 1.39. The van der Waals surface area contributed by atoms with Crippen molar-refractivity contribution in [1.82, 2.24) is 10.2 Å².